The van der Waals surface area contributed by atoms with E-state index in [2.05, 4.69) is 29.6 Å². The predicted molar refractivity (Wildman–Crippen MR) is 110 cm³/mol. The van der Waals surface area contributed by atoms with Crippen LogP contribution in [0, 0.1) is 12.7 Å². The molecule has 1 heterocycles. The summed E-state index contributed by atoms with van der Waals surface area (Å²) in [6.45, 7) is 2.04. The van der Waals surface area contributed by atoms with E-state index in [9.17, 15) is 9.50 Å². The van der Waals surface area contributed by atoms with Crippen LogP contribution in [-0.2, 0) is 0 Å². The number of benzene rings is 3. The predicted octanol–water partition coefficient (Wildman–Crippen LogP) is 5.72. The van der Waals surface area contributed by atoms with Gasteiger partial charge in [0.1, 0.15) is 17.7 Å². The second kappa shape index (κ2) is 7.74. The van der Waals surface area contributed by atoms with E-state index in [0.29, 0.717) is 11.4 Å². The van der Waals surface area contributed by atoms with Crippen molar-refractivity contribution >= 4 is 17.3 Å². The summed E-state index contributed by atoms with van der Waals surface area (Å²) in [5.41, 5.74) is 4.72. The Morgan fingerprint density at radius 2 is 1.75 bits per heavy atom. The molecule has 0 aliphatic carbocycles. The molecule has 1 aliphatic rings. The van der Waals surface area contributed by atoms with Gasteiger partial charge in [-0.3, -0.25) is 10.3 Å². The van der Waals surface area contributed by atoms with Gasteiger partial charge in [0.25, 0.3) is 0 Å². The SMILES string of the molecule is Cc1ccc(C2=NC(c3ccc(F)cc3)NC(c3cc(Cl)ccc3O)C2)cc1. The molecule has 0 saturated carbocycles. The fourth-order valence-electron chi connectivity index (χ4n) is 3.45. The third-order valence-corrected chi connectivity index (χ3v) is 5.21. The first-order valence-corrected chi connectivity index (χ1v) is 9.51. The lowest BCUT2D eigenvalue weighted by molar-refractivity contribution is 0.412. The maximum atomic E-state index is 13.4. The van der Waals surface area contributed by atoms with E-state index in [1.54, 1.807) is 30.3 Å². The molecule has 0 spiro atoms. The van der Waals surface area contributed by atoms with E-state index < -0.39 is 0 Å². The molecule has 0 radical (unpaired) electrons. The van der Waals surface area contributed by atoms with Crippen LogP contribution in [0.1, 0.15) is 40.9 Å². The summed E-state index contributed by atoms with van der Waals surface area (Å²) in [6, 6.07) is 19.4. The average molecular weight is 395 g/mol. The summed E-state index contributed by atoms with van der Waals surface area (Å²) in [5.74, 6) is -0.101. The van der Waals surface area contributed by atoms with Gasteiger partial charge >= 0.3 is 0 Å². The first-order valence-electron chi connectivity index (χ1n) is 9.13. The number of rotatable bonds is 3. The molecular weight excluding hydrogens is 375 g/mol. The summed E-state index contributed by atoms with van der Waals surface area (Å²) in [5, 5.41) is 14.4. The van der Waals surface area contributed by atoms with Crippen molar-refractivity contribution < 1.29 is 9.50 Å². The molecule has 3 aromatic carbocycles. The number of hydrogen-bond acceptors (Lipinski definition) is 3. The standard InChI is InChI=1S/C23H20ClFN2O/c1-14-2-4-15(5-3-14)20-13-21(19-12-17(24)8-11-22(19)28)27-23(26-20)16-6-9-18(25)10-7-16/h2-12,21,23,27-28H,13H2,1H3. The Morgan fingerprint density at radius 1 is 1.04 bits per heavy atom. The third-order valence-electron chi connectivity index (χ3n) is 4.98. The van der Waals surface area contributed by atoms with E-state index >= 15 is 0 Å². The zero-order valence-corrected chi connectivity index (χ0v) is 16.1. The van der Waals surface area contributed by atoms with Crippen molar-refractivity contribution in [2.24, 2.45) is 4.99 Å². The highest BCUT2D eigenvalue weighted by Crippen LogP contribution is 2.35. The summed E-state index contributed by atoms with van der Waals surface area (Å²) < 4.78 is 13.4. The Balaban J connectivity index is 1.76. The highest BCUT2D eigenvalue weighted by molar-refractivity contribution is 6.30. The molecule has 0 saturated heterocycles. The molecule has 2 atom stereocenters. The Bertz CT molecular complexity index is 1020. The van der Waals surface area contributed by atoms with Gasteiger partial charge in [-0.2, -0.15) is 0 Å². The smallest absolute Gasteiger partial charge is 0.126 e. The van der Waals surface area contributed by atoms with E-state index in [1.165, 1.54) is 17.7 Å². The molecule has 0 amide bonds. The third kappa shape index (κ3) is 3.93. The van der Waals surface area contributed by atoms with Crippen molar-refractivity contribution in [3.63, 3.8) is 0 Å². The van der Waals surface area contributed by atoms with Crippen LogP contribution in [0.5, 0.6) is 5.75 Å². The Hall–Kier alpha value is -2.69. The molecule has 5 heteroatoms. The maximum absolute atomic E-state index is 13.4. The van der Waals surface area contributed by atoms with Crippen LogP contribution in [0.4, 0.5) is 4.39 Å². The minimum absolute atomic E-state index is 0.178. The van der Waals surface area contributed by atoms with Crippen LogP contribution in [0.25, 0.3) is 0 Å². The van der Waals surface area contributed by atoms with Crippen molar-refractivity contribution in [2.75, 3.05) is 0 Å². The van der Waals surface area contributed by atoms with Crippen molar-refractivity contribution in [3.05, 3.63) is 99.8 Å². The number of halogens is 2. The Kier molecular flexibility index (Phi) is 5.16. The monoisotopic (exact) mass is 394 g/mol. The van der Waals surface area contributed by atoms with Crippen LogP contribution in [-0.4, -0.2) is 10.8 Å². The lowest BCUT2D eigenvalue weighted by atomic mass is 9.93. The van der Waals surface area contributed by atoms with Gasteiger partial charge in [0.2, 0.25) is 0 Å². The van der Waals surface area contributed by atoms with Crippen LogP contribution in [0.3, 0.4) is 0 Å². The number of nitrogens with zero attached hydrogens (tertiary/aromatic N) is 1. The minimum Gasteiger partial charge on any atom is -0.508 e. The highest BCUT2D eigenvalue weighted by atomic mass is 35.5. The zero-order valence-electron chi connectivity index (χ0n) is 15.4. The topological polar surface area (TPSA) is 44.6 Å². The Morgan fingerprint density at radius 3 is 2.46 bits per heavy atom. The largest absolute Gasteiger partial charge is 0.508 e. The van der Waals surface area contributed by atoms with Crippen LogP contribution in [0.15, 0.2) is 71.7 Å². The van der Waals surface area contributed by atoms with Gasteiger partial charge < -0.3 is 5.11 Å². The van der Waals surface area contributed by atoms with E-state index in [-0.39, 0.29) is 23.8 Å². The molecule has 0 aromatic heterocycles. The molecule has 2 unspecified atom stereocenters. The number of aromatic hydroxyl groups is 1. The molecule has 142 valence electrons. The van der Waals surface area contributed by atoms with Gasteiger partial charge in [0, 0.05) is 28.8 Å². The minimum atomic E-state index is -0.353. The van der Waals surface area contributed by atoms with Crippen LogP contribution < -0.4 is 5.32 Å². The fraction of sp³-hybridized carbons (Fsp3) is 0.174. The number of aryl methyl sites for hydroxylation is 1. The Labute approximate surface area is 168 Å². The molecule has 0 bridgehead atoms. The summed E-state index contributed by atoms with van der Waals surface area (Å²) in [6.07, 6.45) is 0.253. The van der Waals surface area contributed by atoms with Gasteiger partial charge in [0.05, 0.1) is 0 Å². The van der Waals surface area contributed by atoms with E-state index in [0.717, 1.165) is 22.4 Å². The number of phenolic OH excluding ortho intramolecular Hbond substituents is 1. The second-order valence-electron chi connectivity index (χ2n) is 7.02. The molecule has 3 aromatic rings. The second-order valence-corrected chi connectivity index (χ2v) is 7.46. The number of hydrogen-bond donors (Lipinski definition) is 2. The van der Waals surface area contributed by atoms with Crippen molar-refractivity contribution in [1.82, 2.24) is 5.32 Å². The lowest BCUT2D eigenvalue weighted by Gasteiger charge is -2.31. The lowest BCUT2D eigenvalue weighted by Crippen LogP contribution is -2.33. The van der Waals surface area contributed by atoms with E-state index in [1.807, 2.05) is 6.92 Å². The summed E-state index contributed by atoms with van der Waals surface area (Å²) in [4.78, 5) is 4.88. The van der Waals surface area contributed by atoms with Crippen molar-refractivity contribution in [2.45, 2.75) is 25.6 Å². The quantitative estimate of drug-likeness (QED) is 0.597. The highest BCUT2D eigenvalue weighted by Gasteiger charge is 2.27. The zero-order chi connectivity index (χ0) is 19.7. The van der Waals surface area contributed by atoms with Crippen molar-refractivity contribution in [1.29, 1.82) is 0 Å². The number of nitrogens with one attached hydrogen (secondary N) is 1. The van der Waals surface area contributed by atoms with Gasteiger partial charge in [-0.1, -0.05) is 53.6 Å². The molecule has 3 nitrogen and oxygen atoms in total. The summed E-state index contributed by atoms with van der Waals surface area (Å²) in [7, 11) is 0. The number of phenols is 1. The molecule has 4 rings (SSSR count). The first kappa shape index (κ1) is 18.7. The van der Waals surface area contributed by atoms with Gasteiger partial charge in [0.15, 0.2) is 0 Å². The molecule has 0 fully saturated rings. The molecule has 28 heavy (non-hydrogen) atoms. The molecule has 2 N–H and O–H groups in total. The summed E-state index contributed by atoms with van der Waals surface area (Å²) >= 11 is 6.17. The van der Waals surface area contributed by atoms with Gasteiger partial charge in [-0.25, -0.2) is 4.39 Å². The van der Waals surface area contributed by atoms with E-state index in [4.69, 9.17) is 16.6 Å². The number of aliphatic imine (C=N–C) groups is 1. The maximum Gasteiger partial charge on any atom is 0.126 e. The first-order chi connectivity index (χ1) is 13.5. The molecule has 1 aliphatic heterocycles. The normalized spacial score (nSPS) is 19.3. The molecular formula is C23H20ClFN2O. The van der Waals surface area contributed by atoms with Crippen LogP contribution in [0.2, 0.25) is 5.02 Å². The fourth-order valence-corrected chi connectivity index (χ4v) is 3.63. The van der Waals surface area contributed by atoms with Gasteiger partial charge in [-0.05, 0) is 48.4 Å². The van der Waals surface area contributed by atoms with Crippen LogP contribution >= 0.6 is 11.6 Å². The average Bonchev–Trinajstić information content (AvgIpc) is 2.70. The van der Waals surface area contributed by atoms with Crippen molar-refractivity contribution in [3.8, 4) is 5.75 Å². The van der Waals surface area contributed by atoms with Gasteiger partial charge in [-0.15, -0.1) is 0 Å².